The summed E-state index contributed by atoms with van der Waals surface area (Å²) < 4.78 is 39.2. The van der Waals surface area contributed by atoms with Crippen molar-refractivity contribution in [2.75, 3.05) is 6.54 Å². The first-order valence-corrected chi connectivity index (χ1v) is 14.3. The number of nitrogens with zero attached hydrogens (tertiary/aromatic N) is 2. The topological polar surface area (TPSA) is 87.0 Å². The Balaban J connectivity index is 1.50. The van der Waals surface area contributed by atoms with Crippen LogP contribution < -0.4 is 11.1 Å². The minimum atomic E-state index is -4.41. The van der Waals surface area contributed by atoms with Gasteiger partial charge in [-0.3, -0.25) is 4.90 Å². The third-order valence-corrected chi connectivity index (χ3v) is 8.19. The molecule has 11 heteroatoms. The van der Waals surface area contributed by atoms with Crippen LogP contribution in [0.15, 0.2) is 72.8 Å². The lowest BCUT2D eigenvalue weighted by Crippen LogP contribution is -2.56. The number of amides is 2. The average Bonchev–Trinajstić information content (AvgIpc) is 3.29. The Morgan fingerprint density at radius 1 is 1.07 bits per heavy atom. The number of aryl methyl sites for hydroxylation is 1. The lowest BCUT2D eigenvalue weighted by atomic mass is 9.77. The number of carbonyl (C=O) groups is 1. The number of piperidine rings is 1. The summed E-state index contributed by atoms with van der Waals surface area (Å²) in [7, 11) is 0. The molecule has 4 N–H and O–H groups in total. The number of likely N-dealkylation sites (tertiary alicyclic amines) is 1. The summed E-state index contributed by atoms with van der Waals surface area (Å²) in [6.07, 6.45) is -3.12. The van der Waals surface area contributed by atoms with Crippen LogP contribution in [-0.2, 0) is 19.1 Å². The van der Waals surface area contributed by atoms with Gasteiger partial charge in [0.25, 0.3) is 0 Å². The quantitative estimate of drug-likeness (QED) is 0.203. The number of H-pyrrole nitrogens is 1. The first-order chi connectivity index (χ1) is 20.0. The van der Waals surface area contributed by atoms with Crippen LogP contribution in [0.5, 0.6) is 0 Å². The van der Waals surface area contributed by atoms with Crippen LogP contribution in [0.25, 0.3) is 11.4 Å². The second kappa shape index (κ2) is 12.4. The van der Waals surface area contributed by atoms with Crippen LogP contribution >= 0.6 is 23.2 Å². The number of aromatic amines is 1. The molecular formula is C31H30Cl2F3N5O. The maximum Gasteiger partial charge on any atom is 0.416 e. The minimum absolute atomic E-state index is 0.0989. The number of benzene rings is 3. The number of alkyl halides is 3. The van der Waals surface area contributed by atoms with Crippen LogP contribution in [-0.4, -0.2) is 39.5 Å². The Hall–Kier alpha value is -3.53. The minimum Gasteiger partial charge on any atom is -0.352 e. The van der Waals surface area contributed by atoms with E-state index in [-0.39, 0.29) is 18.0 Å². The number of carbonyl (C=O) groups excluding carboxylic acids is 1. The lowest BCUT2D eigenvalue weighted by molar-refractivity contribution is -0.137. The van der Waals surface area contributed by atoms with E-state index in [2.05, 4.69) is 27.3 Å². The second-order valence-corrected chi connectivity index (χ2v) is 11.5. The summed E-state index contributed by atoms with van der Waals surface area (Å²) in [5, 5.41) is 3.94. The lowest BCUT2D eigenvalue weighted by Gasteiger charge is -2.46. The maximum atomic E-state index is 13.1. The molecule has 220 valence electrons. The molecule has 3 aromatic carbocycles. The molecule has 0 aliphatic carbocycles. The van der Waals surface area contributed by atoms with Gasteiger partial charge in [0.15, 0.2) is 0 Å². The molecule has 1 aliphatic heterocycles. The summed E-state index contributed by atoms with van der Waals surface area (Å²) in [4.78, 5) is 22.4. The molecule has 3 unspecified atom stereocenters. The third kappa shape index (κ3) is 6.91. The van der Waals surface area contributed by atoms with Gasteiger partial charge in [-0.05, 0) is 61.2 Å². The Bertz CT molecular complexity index is 1520. The summed E-state index contributed by atoms with van der Waals surface area (Å²) >= 11 is 12.9. The van der Waals surface area contributed by atoms with E-state index in [9.17, 15) is 18.0 Å². The van der Waals surface area contributed by atoms with Crippen molar-refractivity contribution in [3.63, 3.8) is 0 Å². The van der Waals surface area contributed by atoms with E-state index in [1.807, 2.05) is 37.3 Å². The van der Waals surface area contributed by atoms with Crippen molar-refractivity contribution in [2.45, 2.75) is 50.5 Å². The Kier molecular flexibility index (Phi) is 8.82. The molecule has 1 saturated heterocycles. The van der Waals surface area contributed by atoms with E-state index in [1.54, 1.807) is 6.07 Å². The van der Waals surface area contributed by atoms with E-state index in [0.717, 1.165) is 34.6 Å². The SMILES string of the molecule is Cc1[nH]c(-c2ccc(C(F)(F)F)cc2)nc1CN1CCC(NC(N)=O)C(c2cc(Cl)cc(Cl)c2)C1Cc1ccccc1. The number of aromatic nitrogens is 2. The van der Waals surface area contributed by atoms with Crippen molar-refractivity contribution in [1.82, 2.24) is 20.2 Å². The molecule has 2 amide bonds. The van der Waals surface area contributed by atoms with Gasteiger partial charge in [-0.25, -0.2) is 9.78 Å². The molecule has 0 radical (unpaired) electrons. The molecule has 0 saturated carbocycles. The van der Waals surface area contributed by atoms with Crippen LogP contribution in [0.1, 0.15) is 40.4 Å². The standard InChI is InChI=1S/C31H30Cl2F3N5O/c1-18-26(39-29(38-18)20-7-9-22(10-8-20)31(34,35)36)17-41-12-11-25(40-30(37)42)28(21-14-23(32)16-24(33)15-21)27(41)13-19-5-3-2-4-6-19/h2-10,14-16,25,27-28H,11-13,17H2,1H3,(H,38,39)(H3,37,40,42). The van der Waals surface area contributed by atoms with Crippen molar-refractivity contribution >= 4 is 29.2 Å². The molecule has 4 aromatic rings. The van der Waals surface area contributed by atoms with Crippen LogP contribution in [0, 0.1) is 6.92 Å². The number of hydrogen-bond donors (Lipinski definition) is 3. The van der Waals surface area contributed by atoms with Gasteiger partial charge < -0.3 is 16.0 Å². The highest BCUT2D eigenvalue weighted by Crippen LogP contribution is 2.38. The smallest absolute Gasteiger partial charge is 0.352 e. The predicted molar refractivity (Wildman–Crippen MR) is 158 cm³/mol. The summed E-state index contributed by atoms with van der Waals surface area (Å²) in [5.41, 5.74) is 9.07. The number of rotatable bonds is 7. The molecule has 2 heterocycles. The highest BCUT2D eigenvalue weighted by Gasteiger charge is 2.40. The average molecular weight is 617 g/mol. The van der Waals surface area contributed by atoms with Crippen molar-refractivity contribution < 1.29 is 18.0 Å². The summed E-state index contributed by atoms with van der Waals surface area (Å²) in [6, 6.07) is 19.5. The van der Waals surface area contributed by atoms with E-state index >= 15 is 0 Å². The second-order valence-electron chi connectivity index (χ2n) is 10.6. The van der Waals surface area contributed by atoms with Crippen molar-refractivity contribution in [1.29, 1.82) is 0 Å². The number of nitrogens with one attached hydrogen (secondary N) is 2. The number of urea groups is 1. The largest absolute Gasteiger partial charge is 0.416 e. The van der Waals surface area contributed by atoms with Gasteiger partial charge in [0.2, 0.25) is 0 Å². The first-order valence-electron chi connectivity index (χ1n) is 13.5. The fourth-order valence-electron chi connectivity index (χ4n) is 5.82. The molecule has 5 rings (SSSR count). The van der Waals surface area contributed by atoms with Gasteiger partial charge in [-0.15, -0.1) is 0 Å². The van der Waals surface area contributed by atoms with Crippen molar-refractivity contribution in [3.05, 3.63) is 111 Å². The van der Waals surface area contributed by atoms with Gasteiger partial charge in [0.05, 0.1) is 11.3 Å². The summed E-state index contributed by atoms with van der Waals surface area (Å²) in [6.45, 7) is 3.03. The number of imidazole rings is 1. The summed E-state index contributed by atoms with van der Waals surface area (Å²) in [5.74, 6) is 0.301. The van der Waals surface area contributed by atoms with Crippen molar-refractivity contribution in [3.8, 4) is 11.4 Å². The maximum absolute atomic E-state index is 13.1. The molecule has 1 aliphatic rings. The highest BCUT2D eigenvalue weighted by molar-refractivity contribution is 6.34. The molecule has 1 fully saturated rings. The van der Waals surface area contributed by atoms with Crippen LogP contribution in [0.4, 0.5) is 18.0 Å². The van der Waals surface area contributed by atoms with E-state index in [1.165, 1.54) is 12.1 Å². The van der Waals surface area contributed by atoms with Crippen molar-refractivity contribution in [2.24, 2.45) is 5.73 Å². The van der Waals surface area contributed by atoms with E-state index in [4.69, 9.17) is 33.9 Å². The molecule has 3 atom stereocenters. The highest BCUT2D eigenvalue weighted by atomic mass is 35.5. The number of hydrogen-bond acceptors (Lipinski definition) is 3. The monoisotopic (exact) mass is 615 g/mol. The Labute approximate surface area is 252 Å². The fraction of sp³-hybridized carbons (Fsp3) is 0.290. The van der Waals surface area contributed by atoms with Gasteiger partial charge in [-0.2, -0.15) is 13.2 Å². The zero-order chi connectivity index (χ0) is 30.0. The van der Waals surface area contributed by atoms with Gasteiger partial charge >= 0.3 is 12.2 Å². The van der Waals surface area contributed by atoms with Gasteiger partial charge in [0.1, 0.15) is 5.82 Å². The zero-order valence-corrected chi connectivity index (χ0v) is 24.3. The van der Waals surface area contributed by atoms with Gasteiger partial charge in [-0.1, -0.05) is 65.7 Å². The molecule has 0 spiro atoms. The molecule has 6 nitrogen and oxygen atoms in total. The van der Waals surface area contributed by atoms with E-state index in [0.29, 0.717) is 47.4 Å². The fourth-order valence-corrected chi connectivity index (χ4v) is 6.36. The van der Waals surface area contributed by atoms with Crippen LogP contribution in [0.3, 0.4) is 0 Å². The number of nitrogens with two attached hydrogens (primary N) is 1. The molecule has 1 aromatic heterocycles. The predicted octanol–water partition coefficient (Wildman–Crippen LogP) is 7.35. The number of primary amides is 1. The molecular weight excluding hydrogens is 586 g/mol. The van der Waals surface area contributed by atoms with E-state index < -0.39 is 17.8 Å². The normalized spacial score (nSPS) is 19.5. The number of halogens is 5. The molecule has 42 heavy (non-hydrogen) atoms. The first kappa shape index (κ1) is 29.9. The van der Waals surface area contributed by atoms with Crippen LogP contribution in [0.2, 0.25) is 10.0 Å². The molecule has 0 bridgehead atoms. The Morgan fingerprint density at radius 2 is 1.74 bits per heavy atom. The van der Waals surface area contributed by atoms with Gasteiger partial charge in [0, 0.05) is 52.4 Å². The zero-order valence-electron chi connectivity index (χ0n) is 22.8. The third-order valence-electron chi connectivity index (χ3n) is 7.75. The Morgan fingerprint density at radius 3 is 2.36 bits per heavy atom.